The first kappa shape index (κ1) is 19.9. The molecule has 1 fully saturated rings. The summed E-state index contributed by atoms with van der Waals surface area (Å²) in [6.45, 7) is -2.18. The van der Waals surface area contributed by atoms with E-state index in [-0.39, 0.29) is 24.1 Å². The highest BCUT2D eigenvalue weighted by atomic mass is 19.3. The number of methoxy groups -OCH3 is 2. The number of hydrogen-bond acceptors (Lipinski definition) is 4. The number of rotatable bonds is 7. The molecule has 1 aliphatic heterocycles. The van der Waals surface area contributed by atoms with E-state index in [2.05, 4.69) is 4.74 Å². The third-order valence-corrected chi connectivity index (χ3v) is 4.87. The molecule has 1 saturated heterocycles. The number of nitrogens with zero attached hydrogens (tertiary/aromatic N) is 1. The molecule has 1 aliphatic rings. The molecule has 1 heterocycles. The summed E-state index contributed by atoms with van der Waals surface area (Å²) in [6, 6.07) is 11.9. The fraction of sp³-hybridized carbons (Fsp3) is 0.381. The Morgan fingerprint density at radius 3 is 2.46 bits per heavy atom. The van der Waals surface area contributed by atoms with Crippen LogP contribution in [0.1, 0.15) is 30.0 Å². The smallest absolute Gasteiger partial charge is 0.387 e. The minimum Gasteiger partial charge on any atom is -0.493 e. The summed E-state index contributed by atoms with van der Waals surface area (Å²) in [5.41, 5.74) is 1.76. The highest BCUT2D eigenvalue weighted by molar-refractivity contribution is 5.79. The summed E-state index contributed by atoms with van der Waals surface area (Å²) in [5, 5.41) is 0. The number of ether oxygens (including phenoxy) is 3. The maximum atomic E-state index is 12.9. The van der Waals surface area contributed by atoms with Crippen LogP contribution >= 0.6 is 0 Å². The van der Waals surface area contributed by atoms with Crippen LogP contribution in [0, 0.1) is 0 Å². The molecule has 3 rings (SSSR count). The molecule has 2 aromatic carbocycles. The number of carbonyl (C=O) groups is 1. The van der Waals surface area contributed by atoms with E-state index in [1.165, 1.54) is 12.1 Å². The van der Waals surface area contributed by atoms with Crippen molar-refractivity contribution in [3.63, 3.8) is 0 Å². The van der Waals surface area contributed by atoms with Gasteiger partial charge in [0.25, 0.3) is 0 Å². The zero-order valence-electron chi connectivity index (χ0n) is 15.9. The zero-order valence-corrected chi connectivity index (χ0v) is 15.9. The number of amides is 1. The highest BCUT2D eigenvalue weighted by Gasteiger charge is 2.30. The molecule has 0 N–H and O–H groups in total. The van der Waals surface area contributed by atoms with Gasteiger partial charge in [0.05, 0.1) is 26.7 Å². The fourth-order valence-electron chi connectivity index (χ4n) is 3.54. The van der Waals surface area contributed by atoms with Gasteiger partial charge in [-0.05, 0) is 48.2 Å². The van der Waals surface area contributed by atoms with Crippen LogP contribution in [-0.2, 0) is 11.2 Å². The number of benzene rings is 2. The molecule has 0 aliphatic carbocycles. The Morgan fingerprint density at radius 1 is 1.11 bits per heavy atom. The second-order valence-electron chi connectivity index (χ2n) is 6.56. The van der Waals surface area contributed by atoms with E-state index in [1.807, 2.05) is 23.1 Å². The predicted octanol–water partition coefficient (Wildman–Crippen LogP) is 4.21. The van der Waals surface area contributed by atoms with Crippen molar-refractivity contribution in [3.8, 4) is 17.2 Å². The number of hydrogen-bond donors (Lipinski definition) is 0. The van der Waals surface area contributed by atoms with Gasteiger partial charge in [-0.15, -0.1) is 0 Å². The average molecular weight is 391 g/mol. The summed E-state index contributed by atoms with van der Waals surface area (Å²) < 4.78 is 39.5. The summed E-state index contributed by atoms with van der Waals surface area (Å²) in [5.74, 6) is 1.36. The summed E-state index contributed by atoms with van der Waals surface area (Å²) in [6.07, 6.45) is 2.01. The van der Waals surface area contributed by atoms with E-state index in [9.17, 15) is 13.6 Å². The van der Waals surface area contributed by atoms with Crippen LogP contribution in [0.2, 0.25) is 0 Å². The Kier molecular flexibility index (Phi) is 6.34. The molecule has 7 heteroatoms. The van der Waals surface area contributed by atoms with Crippen LogP contribution in [0.5, 0.6) is 17.2 Å². The van der Waals surface area contributed by atoms with Crippen molar-refractivity contribution in [1.82, 2.24) is 4.90 Å². The van der Waals surface area contributed by atoms with Crippen molar-refractivity contribution in [2.24, 2.45) is 0 Å². The number of halogens is 2. The Balaban J connectivity index is 1.71. The predicted molar refractivity (Wildman–Crippen MR) is 100 cm³/mol. The second kappa shape index (κ2) is 8.91. The van der Waals surface area contributed by atoms with E-state index in [0.29, 0.717) is 18.0 Å². The molecule has 1 atom stereocenters. The third-order valence-electron chi connectivity index (χ3n) is 4.87. The van der Waals surface area contributed by atoms with Crippen molar-refractivity contribution in [1.29, 1.82) is 0 Å². The van der Waals surface area contributed by atoms with Gasteiger partial charge in [0.15, 0.2) is 11.5 Å². The minimum atomic E-state index is -2.86. The Hall–Kier alpha value is -2.83. The highest BCUT2D eigenvalue weighted by Crippen LogP contribution is 2.37. The van der Waals surface area contributed by atoms with Gasteiger partial charge in [0.2, 0.25) is 5.91 Å². The molecule has 0 radical (unpaired) electrons. The van der Waals surface area contributed by atoms with Gasteiger partial charge in [-0.3, -0.25) is 4.79 Å². The third kappa shape index (κ3) is 4.52. The second-order valence-corrected chi connectivity index (χ2v) is 6.56. The maximum Gasteiger partial charge on any atom is 0.387 e. The molecular formula is C21H23F2NO4. The first-order chi connectivity index (χ1) is 13.5. The molecule has 5 nitrogen and oxygen atoms in total. The Bertz CT molecular complexity index is 811. The van der Waals surface area contributed by atoms with Crippen molar-refractivity contribution < 1.29 is 27.8 Å². The molecule has 2 aromatic rings. The summed E-state index contributed by atoms with van der Waals surface area (Å²) in [4.78, 5) is 14.7. The molecule has 28 heavy (non-hydrogen) atoms. The average Bonchev–Trinajstić information content (AvgIpc) is 3.18. The minimum absolute atomic E-state index is 0.000173. The number of likely N-dealkylation sites (tertiary alicyclic amines) is 1. The van der Waals surface area contributed by atoms with Crippen LogP contribution in [0.15, 0.2) is 42.5 Å². The van der Waals surface area contributed by atoms with E-state index >= 15 is 0 Å². The molecular weight excluding hydrogens is 368 g/mol. The van der Waals surface area contributed by atoms with Gasteiger partial charge >= 0.3 is 6.61 Å². The lowest BCUT2D eigenvalue weighted by Crippen LogP contribution is -2.31. The van der Waals surface area contributed by atoms with Crippen LogP contribution in [0.25, 0.3) is 0 Å². The van der Waals surface area contributed by atoms with Crippen LogP contribution < -0.4 is 14.2 Å². The van der Waals surface area contributed by atoms with Gasteiger partial charge < -0.3 is 19.1 Å². The molecule has 0 bridgehead atoms. The monoisotopic (exact) mass is 391 g/mol. The molecule has 0 aromatic heterocycles. The van der Waals surface area contributed by atoms with Crippen LogP contribution in [0.3, 0.4) is 0 Å². The lowest BCUT2D eigenvalue weighted by molar-refractivity contribution is -0.131. The normalized spacial score (nSPS) is 16.3. The lowest BCUT2D eigenvalue weighted by atomic mass is 10.0. The topological polar surface area (TPSA) is 48.0 Å². The van der Waals surface area contributed by atoms with E-state index in [4.69, 9.17) is 9.47 Å². The number of alkyl halides is 2. The zero-order chi connectivity index (χ0) is 20.1. The van der Waals surface area contributed by atoms with Crippen molar-refractivity contribution in [3.05, 3.63) is 53.6 Å². The quantitative estimate of drug-likeness (QED) is 0.709. The van der Waals surface area contributed by atoms with E-state index < -0.39 is 6.61 Å². The van der Waals surface area contributed by atoms with Gasteiger partial charge in [-0.25, -0.2) is 0 Å². The first-order valence-corrected chi connectivity index (χ1v) is 9.07. The van der Waals surface area contributed by atoms with E-state index in [1.54, 1.807) is 26.4 Å². The Morgan fingerprint density at radius 2 is 1.82 bits per heavy atom. The van der Waals surface area contributed by atoms with Gasteiger partial charge in [-0.2, -0.15) is 8.78 Å². The van der Waals surface area contributed by atoms with Gasteiger partial charge in [0.1, 0.15) is 5.75 Å². The number of carbonyl (C=O) groups excluding carboxylic acids is 1. The molecule has 150 valence electrons. The Labute approximate surface area is 162 Å². The van der Waals surface area contributed by atoms with Crippen molar-refractivity contribution >= 4 is 5.91 Å². The maximum absolute atomic E-state index is 12.9. The molecule has 0 spiro atoms. The van der Waals surface area contributed by atoms with Crippen molar-refractivity contribution in [2.75, 3.05) is 20.8 Å². The molecule has 0 saturated carbocycles. The summed E-state index contributed by atoms with van der Waals surface area (Å²) in [7, 11) is 3.17. The lowest BCUT2D eigenvalue weighted by Gasteiger charge is -2.26. The SMILES string of the molecule is COc1ccc(C2CCCN2C(=O)Cc2ccc(OC(F)F)cc2)cc1OC. The van der Waals surface area contributed by atoms with Gasteiger partial charge in [-0.1, -0.05) is 18.2 Å². The van der Waals surface area contributed by atoms with Gasteiger partial charge in [0, 0.05) is 6.54 Å². The standard InChI is InChI=1S/C21H23F2NO4/c1-26-18-10-7-15(13-19(18)27-2)17-4-3-11-24(17)20(25)12-14-5-8-16(9-6-14)28-21(22)23/h5-10,13,17,21H,3-4,11-12H2,1-2H3. The van der Waals surface area contributed by atoms with Crippen molar-refractivity contribution in [2.45, 2.75) is 31.9 Å². The van der Waals surface area contributed by atoms with Crippen LogP contribution in [0.4, 0.5) is 8.78 Å². The largest absolute Gasteiger partial charge is 0.493 e. The fourth-order valence-corrected chi connectivity index (χ4v) is 3.54. The van der Waals surface area contributed by atoms with Crippen LogP contribution in [-0.4, -0.2) is 38.2 Å². The van der Waals surface area contributed by atoms with E-state index in [0.717, 1.165) is 24.0 Å². The molecule has 1 unspecified atom stereocenters. The first-order valence-electron chi connectivity index (χ1n) is 9.07. The molecule has 1 amide bonds. The summed E-state index contributed by atoms with van der Waals surface area (Å²) >= 11 is 0.